The van der Waals surface area contributed by atoms with Crippen molar-refractivity contribution in [1.82, 2.24) is 0 Å². The van der Waals surface area contributed by atoms with Crippen LogP contribution in [0.5, 0.6) is 0 Å². The smallest absolute Gasteiger partial charge is 0.0752 e. The Bertz CT molecular complexity index is 398. The molecule has 18 heavy (non-hydrogen) atoms. The van der Waals surface area contributed by atoms with Gasteiger partial charge in [-0.1, -0.05) is 12.2 Å². The fourth-order valence-corrected chi connectivity index (χ4v) is 5.72. The van der Waals surface area contributed by atoms with Crippen LogP contribution < -0.4 is 0 Å². The van der Waals surface area contributed by atoms with Gasteiger partial charge in [0.25, 0.3) is 0 Å². The molecule has 0 spiro atoms. The summed E-state index contributed by atoms with van der Waals surface area (Å²) in [6.45, 7) is 4.10. The summed E-state index contributed by atoms with van der Waals surface area (Å²) in [5.74, 6) is 5.23. The molecule has 96 valence electrons. The lowest BCUT2D eigenvalue weighted by molar-refractivity contribution is 0.168. The van der Waals surface area contributed by atoms with E-state index in [2.05, 4.69) is 26.0 Å². The van der Waals surface area contributed by atoms with E-state index >= 15 is 0 Å². The summed E-state index contributed by atoms with van der Waals surface area (Å²) in [6, 6.07) is 0.954. The Morgan fingerprint density at radius 2 is 1.33 bits per heavy atom. The van der Waals surface area contributed by atoms with Gasteiger partial charge in [0.2, 0.25) is 0 Å². The first-order chi connectivity index (χ1) is 8.85. The van der Waals surface area contributed by atoms with Gasteiger partial charge in [0.15, 0.2) is 0 Å². The highest BCUT2D eigenvalue weighted by Gasteiger charge is 2.64. The first kappa shape index (κ1) is 11.0. The molecular formula is C16H22N2. The molecule has 0 amide bonds. The van der Waals surface area contributed by atoms with Crippen molar-refractivity contribution in [3.63, 3.8) is 0 Å². The summed E-state index contributed by atoms with van der Waals surface area (Å²) in [7, 11) is 0. The van der Waals surface area contributed by atoms with Gasteiger partial charge in [-0.25, -0.2) is 0 Å². The molecule has 0 aliphatic heterocycles. The maximum absolute atomic E-state index is 4.79. The van der Waals surface area contributed by atoms with E-state index in [1.807, 2.05) is 12.4 Å². The minimum absolute atomic E-state index is 0.477. The zero-order chi connectivity index (χ0) is 12.3. The normalized spacial score (nSPS) is 56.3. The molecular weight excluding hydrogens is 220 g/mol. The Morgan fingerprint density at radius 3 is 1.78 bits per heavy atom. The molecule has 4 aliphatic rings. The Labute approximate surface area is 109 Å². The Balaban J connectivity index is 1.71. The van der Waals surface area contributed by atoms with Crippen LogP contribution in [0.3, 0.4) is 0 Å². The topological polar surface area (TPSA) is 24.7 Å². The SMILES string of the molecule is CC=NC1C2CC(C1N=CC)C1C3C=CC(C3)C21. The van der Waals surface area contributed by atoms with Crippen LogP contribution >= 0.6 is 0 Å². The molecule has 8 atom stereocenters. The molecule has 0 saturated heterocycles. The van der Waals surface area contributed by atoms with Crippen molar-refractivity contribution in [3.8, 4) is 0 Å². The summed E-state index contributed by atoms with van der Waals surface area (Å²) < 4.78 is 0. The van der Waals surface area contributed by atoms with Crippen LogP contribution in [0.15, 0.2) is 22.1 Å². The molecule has 0 radical (unpaired) electrons. The highest BCUT2D eigenvalue weighted by molar-refractivity contribution is 5.56. The fourth-order valence-electron chi connectivity index (χ4n) is 5.72. The van der Waals surface area contributed by atoms with Crippen molar-refractivity contribution in [3.05, 3.63) is 12.2 Å². The van der Waals surface area contributed by atoms with Gasteiger partial charge in [0, 0.05) is 0 Å². The Hall–Kier alpha value is -0.920. The molecule has 3 fully saturated rings. The van der Waals surface area contributed by atoms with Crippen LogP contribution in [0.4, 0.5) is 0 Å². The lowest BCUT2D eigenvalue weighted by Crippen LogP contribution is -2.41. The summed E-state index contributed by atoms with van der Waals surface area (Å²) in [5, 5.41) is 0. The van der Waals surface area contributed by atoms with Crippen LogP contribution in [0.1, 0.15) is 26.7 Å². The van der Waals surface area contributed by atoms with Crippen molar-refractivity contribution >= 4 is 12.4 Å². The molecule has 0 aromatic heterocycles. The zero-order valence-corrected chi connectivity index (χ0v) is 11.2. The van der Waals surface area contributed by atoms with Crippen LogP contribution in [-0.2, 0) is 0 Å². The number of allylic oxidation sites excluding steroid dienone is 2. The summed E-state index contributed by atoms with van der Waals surface area (Å²) in [5.41, 5.74) is 0. The molecule has 0 N–H and O–H groups in total. The zero-order valence-electron chi connectivity index (χ0n) is 11.2. The van der Waals surface area contributed by atoms with E-state index in [9.17, 15) is 0 Å². The Morgan fingerprint density at radius 1 is 0.833 bits per heavy atom. The average molecular weight is 242 g/mol. The maximum atomic E-state index is 4.79. The summed E-state index contributed by atoms with van der Waals surface area (Å²) in [4.78, 5) is 9.57. The number of fused-ring (bicyclic) bond motifs is 9. The predicted molar refractivity (Wildman–Crippen MR) is 75.2 cm³/mol. The molecule has 0 aromatic rings. The lowest BCUT2D eigenvalue weighted by Gasteiger charge is -2.38. The third-order valence-corrected chi connectivity index (χ3v) is 5.99. The number of aliphatic imine (C=N–C) groups is 2. The molecule has 2 heteroatoms. The van der Waals surface area contributed by atoms with E-state index in [1.165, 1.54) is 12.8 Å². The van der Waals surface area contributed by atoms with Crippen molar-refractivity contribution in [2.24, 2.45) is 45.5 Å². The Kier molecular flexibility index (Phi) is 2.30. The van der Waals surface area contributed by atoms with Crippen molar-refractivity contribution < 1.29 is 0 Å². The molecule has 2 nitrogen and oxygen atoms in total. The largest absolute Gasteiger partial charge is 0.292 e. The number of hydrogen-bond donors (Lipinski definition) is 0. The van der Waals surface area contributed by atoms with Crippen LogP contribution in [0.25, 0.3) is 0 Å². The lowest BCUT2D eigenvalue weighted by atomic mass is 9.70. The molecule has 4 rings (SSSR count). The average Bonchev–Trinajstić information content (AvgIpc) is 3.07. The van der Waals surface area contributed by atoms with E-state index in [4.69, 9.17) is 9.98 Å². The maximum Gasteiger partial charge on any atom is 0.0752 e. The molecule has 4 aliphatic carbocycles. The van der Waals surface area contributed by atoms with Gasteiger partial charge in [0.1, 0.15) is 0 Å². The van der Waals surface area contributed by atoms with Crippen LogP contribution in [0.2, 0.25) is 0 Å². The second-order valence-electron chi connectivity index (χ2n) is 6.46. The summed E-state index contributed by atoms with van der Waals surface area (Å²) in [6.07, 6.45) is 11.8. The van der Waals surface area contributed by atoms with Gasteiger partial charge in [-0.2, -0.15) is 0 Å². The van der Waals surface area contributed by atoms with Crippen LogP contribution in [0, 0.1) is 35.5 Å². The van der Waals surface area contributed by atoms with Gasteiger partial charge in [0.05, 0.1) is 12.1 Å². The minimum atomic E-state index is 0.477. The van der Waals surface area contributed by atoms with E-state index < -0.39 is 0 Å². The van der Waals surface area contributed by atoms with Gasteiger partial charge in [-0.15, -0.1) is 0 Å². The molecule has 8 unspecified atom stereocenters. The van der Waals surface area contributed by atoms with Crippen LogP contribution in [-0.4, -0.2) is 24.5 Å². The highest BCUT2D eigenvalue weighted by atomic mass is 15.0. The fraction of sp³-hybridized carbons (Fsp3) is 0.750. The van der Waals surface area contributed by atoms with Gasteiger partial charge in [-0.05, 0) is 74.6 Å². The van der Waals surface area contributed by atoms with E-state index in [-0.39, 0.29) is 0 Å². The third kappa shape index (κ3) is 1.19. The minimum Gasteiger partial charge on any atom is -0.292 e. The monoisotopic (exact) mass is 242 g/mol. The highest BCUT2D eigenvalue weighted by Crippen LogP contribution is 2.66. The van der Waals surface area contributed by atoms with Crippen molar-refractivity contribution in [1.29, 1.82) is 0 Å². The second kappa shape index (κ2) is 3.79. The molecule has 4 bridgehead atoms. The quantitative estimate of drug-likeness (QED) is 0.404. The predicted octanol–water partition coefficient (Wildman–Crippen LogP) is 2.99. The first-order valence-corrected chi connectivity index (χ1v) is 7.49. The standard InChI is InChI=1S/C16H22N2/c1-3-17-15-11-8-12(16(15)18-4-2)14-10-6-5-9(7-10)13(11)14/h3-6,9-16H,7-8H2,1-2H3. The summed E-state index contributed by atoms with van der Waals surface area (Å²) >= 11 is 0. The number of hydrogen-bond acceptors (Lipinski definition) is 2. The second-order valence-corrected chi connectivity index (χ2v) is 6.46. The molecule has 0 aromatic carbocycles. The molecule has 3 saturated carbocycles. The van der Waals surface area contributed by atoms with Gasteiger partial charge in [-0.3, -0.25) is 9.98 Å². The van der Waals surface area contributed by atoms with Gasteiger partial charge >= 0.3 is 0 Å². The first-order valence-electron chi connectivity index (χ1n) is 7.49. The van der Waals surface area contributed by atoms with E-state index in [1.54, 1.807) is 0 Å². The van der Waals surface area contributed by atoms with E-state index in [0.717, 1.165) is 35.5 Å². The van der Waals surface area contributed by atoms with Crippen molar-refractivity contribution in [2.45, 2.75) is 38.8 Å². The van der Waals surface area contributed by atoms with E-state index in [0.29, 0.717) is 12.1 Å². The number of nitrogens with zero attached hydrogens (tertiary/aromatic N) is 2. The third-order valence-electron chi connectivity index (χ3n) is 5.99. The molecule has 0 heterocycles. The van der Waals surface area contributed by atoms with Gasteiger partial charge < -0.3 is 0 Å². The van der Waals surface area contributed by atoms with Crippen molar-refractivity contribution in [2.75, 3.05) is 0 Å². The number of rotatable bonds is 2.